The first-order valence-electron chi connectivity index (χ1n) is 5.84. The quantitative estimate of drug-likeness (QED) is 0.880. The van der Waals surface area contributed by atoms with Gasteiger partial charge in [0.05, 0.1) is 21.3 Å². The first-order chi connectivity index (χ1) is 9.28. The van der Waals surface area contributed by atoms with Crippen LogP contribution < -0.4 is 19.5 Å². The van der Waals surface area contributed by atoms with Gasteiger partial charge in [-0.05, 0) is 11.4 Å². The predicted molar refractivity (Wildman–Crippen MR) is 77.7 cm³/mol. The van der Waals surface area contributed by atoms with Crippen LogP contribution in [0.1, 0.15) is 4.88 Å². The lowest BCUT2D eigenvalue weighted by atomic mass is 10.2. The fraction of sp³-hybridized carbons (Fsp3) is 0.286. The van der Waals surface area contributed by atoms with E-state index in [1.807, 2.05) is 18.2 Å². The molecule has 0 aliphatic rings. The van der Waals surface area contributed by atoms with Crippen LogP contribution in [0, 0.1) is 0 Å². The molecule has 1 aromatic carbocycles. The number of hydrogen-bond donors (Lipinski definition) is 1. The molecule has 19 heavy (non-hydrogen) atoms. The summed E-state index contributed by atoms with van der Waals surface area (Å²) in [7, 11) is 4.82. The van der Waals surface area contributed by atoms with Gasteiger partial charge in [0.2, 0.25) is 5.75 Å². The molecule has 1 N–H and O–H groups in total. The van der Waals surface area contributed by atoms with Crippen molar-refractivity contribution in [3.8, 4) is 17.2 Å². The molecule has 4 nitrogen and oxygen atoms in total. The van der Waals surface area contributed by atoms with Gasteiger partial charge in [0, 0.05) is 29.2 Å². The van der Waals surface area contributed by atoms with E-state index in [1.165, 1.54) is 4.88 Å². The minimum absolute atomic E-state index is 0.603. The predicted octanol–water partition coefficient (Wildman–Crippen LogP) is 3.39. The Balaban J connectivity index is 2.20. The molecule has 1 heterocycles. The molecule has 102 valence electrons. The Hall–Kier alpha value is -1.88. The summed E-state index contributed by atoms with van der Waals surface area (Å²) in [4.78, 5) is 1.27. The molecule has 0 saturated heterocycles. The monoisotopic (exact) mass is 279 g/mol. The topological polar surface area (TPSA) is 39.7 Å². The summed E-state index contributed by atoms with van der Waals surface area (Å²) >= 11 is 1.72. The maximum absolute atomic E-state index is 5.31. The van der Waals surface area contributed by atoms with Gasteiger partial charge in [0.15, 0.2) is 11.5 Å². The number of methoxy groups -OCH3 is 3. The first kappa shape index (κ1) is 13.5. The van der Waals surface area contributed by atoms with Gasteiger partial charge in [-0.25, -0.2) is 0 Å². The van der Waals surface area contributed by atoms with Crippen molar-refractivity contribution in [1.82, 2.24) is 0 Å². The van der Waals surface area contributed by atoms with E-state index in [9.17, 15) is 0 Å². The minimum atomic E-state index is 0.603. The van der Waals surface area contributed by atoms with Crippen molar-refractivity contribution in [3.63, 3.8) is 0 Å². The zero-order valence-corrected chi connectivity index (χ0v) is 12.0. The molecule has 0 fully saturated rings. The van der Waals surface area contributed by atoms with Crippen molar-refractivity contribution in [2.75, 3.05) is 26.6 Å². The van der Waals surface area contributed by atoms with Crippen molar-refractivity contribution >= 4 is 17.0 Å². The zero-order valence-electron chi connectivity index (χ0n) is 11.2. The molecule has 5 heteroatoms. The maximum atomic E-state index is 5.31. The minimum Gasteiger partial charge on any atom is -0.493 e. The molecule has 0 aliphatic heterocycles. The van der Waals surface area contributed by atoms with Crippen LogP contribution in [-0.4, -0.2) is 21.3 Å². The lowest BCUT2D eigenvalue weighted by molar-refractivity contribution is 0.324. The summed E-state index contributed by atoms with van der Waals surface area (Å²) in [5, 5.41) is 5.40. The lowest BCUT2D eigenvalue weighted by Gasteiger charge is -2.14. The number of benzene rings is 1. The lowest BCUT2D eigenvalue weighted by Crippen LogP contribution is -2.00. The molecule has 0 saturated carbocycles. The molecule has 2 aromatic rings. The molecular weight excluding hydrogens is 262 g/mol. The summed E-state index contributed by atoms with van der Waals surface area (Å²) in [6.07, 6.45) is 0. The van der Waals surface area contributed by atoms with E-state index >= 15 is 0 Å². The number of nitrogens with one attached hydrogen (secondary N) is 1. The third-order valence-corrected chi connectivity index (χ3v) is 3.59. The van der Waals surface area contributed by atoms with E-state index in [2.05, 4.69) is 16.8 Å². The normalized spacial score (nSPS) is 10.1. The summed E-state index contributed by atoms with van der Waals surface area (Å²) in [6.45, 7) is 0.774. The highest BCUT2D eigenvalue weighted by molar-refractivity contribution is 7.09. The molecule has 0 radical (unpaired) electrons. The second-order valence-electron chi connectivity index (χ2n) is 3.85. The number of thiophene rings is 1. The van der Waals surface area contributed by atoms with Gasteiger partial charge in [-0.1, -0.05) is 6.07 Å². The standard InChI is InChI=1S/C14H17NO3S/c1-16-12-7-10(8-13(17-2)14(12)18-3)15-9-11-5-4-6-19-11/h4-8,15H,9H2,1-3H3. The molecule has 0 aliphatic carbocycles. The average Bonchev–Trinajstić information content (AvgIpc) is 2.97. The average molecular weight is 279 g/mol. The fourth-order valence-electron chi connectivity index (χ4n) is 1.79. The van der Waals surface area contributed by atoms with Crippen molar-refractivity contribution in [2.45, 2.75) is 6.54 Å². The van der Waals surface area contributed by atoms with Crippen molar-refractivity contribution in [1.29, 1.82) is 0 Å². The third kappa shape index (κ3) is 3.12. The van der Waals surface area contributed by atoms with E-state index in [0.29, 0.717) is 17.2 Å². The van der Waals surface area contributed by atoms with Gasteiger partial charge in [-0.15, -0.1) is 11.3 Å². The number of rotatable bonds is 6. The number of ether oxygens (including phenoxy) is 3. The van der Waals surface area contributed by atoms with Gasteiger partial charge in [-0.2, -0.15) is 0 Å². The Bertz CT molecular complexity index is 500. The van der Waals surface area contributed by atoms with Gasteiger partial charge in [0.25, 0.3) is 0 Å². The summed E-state index contributed by atoms with van der Waals surface area (Å²) in [6, 6.07) is 7.93. The molecule has 2 rings (SSSR count). The van der Waals surface area contributed by atoms with E-state index in [0.717, 1.165) is 12.2 Å². The van der Waals surface area contributed by atoms with E-state index in [-0.39, 0.29) is 0 Å². The van der Waals surface area contributed by atoms with Crippen LogP contribution in [-0.2, 0) is 6.54 Å². The van der Waals surface area contributed by atoms with Crippen LogP contribution in [0.5, 0.6) is 17.2 Å². The highest BCUT2D eigenvalue weighted by atomic mass is 32.1. The van der Waals surface area contributed by atoms with Crippen LogP contribution in [0.2, 0.25) is 0 Å². The molecule has 0 atom stereocenters. The van der Waals surface area contributed by atoms with Crippen LogP contribution >= 0.6 is 11.3 Å². The Labute approximate surface area is 116 Å². The largest absolute Gasteiger partial charge is 0.493 e. The van der Waals surface area contributed by atoms with Crippen LogP contribution in [0.15, 0.2) is 29.6 Å². The van der Waals surface area contributed by atoms with Gasteiger partial charge in [0.1, 0.15) is 0 Å². The van der Waals surface area contributed by atoms with Gasteiger partial charge >= 0.3 is 0 Å². The highest BCUT2D eigenvalue weighted by Gasteiger charge is 2.12. The number of hydrogen-bond acceptors (Lipinski definition) is 5. The van der Waals surface area contributed by atoms with Crippen molar-refractivity contribution < 1.29 is 14.2 Å². The molecular formula is C14H17NO3S. The second kappa shape index (κ2) is 6.33. The molecule has 0 amide bonds. The van der Waals surface area contributed by atoms with Crippen molar-refractivity contribution in [2.24, 2.45) is 0 Å². The Kier molecular flexibility index (Phi) is 4.52. The summed E-state index contributed by atoms with van der Waals surface area (Å²) in [5.41, 5.74) is 0.933. The van der Waals surface area contributed by atoms with E-state index in [1.54, 1.807) is 32.7 Å². The summed E-state index contributed by atoms with van der Waals surface area (Å²) < 4.78 is 15.9. The SMILES string of the molecule is COc1cc(NCc2cccs2)cc(OC)c1OC. The smallest absolute Gasteiger partial charge is 0.203 e. The Morgan fingerprint density at radius 2 is 1.74 bits per heavy atom. The van der Waals surface area contributed by atoms with Gasteiger partial charge in [-0.3, -0.25) is 0 Å². The number of anilines is 1. The molecule has 0 unspecified atom stereocenters. The van der Waals surface area contributed by atoms with Crippen LogP contribution in [0.25, 0.3) is 0 Å². The Morgan fingerprint density at radius 1 is 1.05 bits per heavy atom. The Morgan fingerprint density at radius 3 is 2.21 bits per heavy atom. The van der Waals surface area contributed by atoms with E-state index in [4.69, 9.17) is 14.2 Å². The van der Waals surface area contributed by atoms with Crippen LogP contribution in [0.3, 0.4) is 0 Å². The van der Waals surface area contributed by atoms with Crippen molar-refractivity contribution in [3.05, 3.63) is 34.5 Å². The molecule has 1 aromatic heterocycles. The fourth-order valence-corrected chi connectivity index (χ4v) is 2.43. The third-order valence-electron chi connectivity index (χ3n) is 2.71. The summed E-state index contributed by atoms with van der Waals surface area (Å²) in [5.74, 6) is 1.90. The molecule has 0 bridgehead atoms. The maximum Gasteiger partial charge on any atom is 0.203 e. The van der Waals surface area contributed by atoms with Crippen LogP contribution in [0.4, 0.5) is 5.69 Å². The zero-order chi connectivity index (χ0) is 13.7. The van der Waals surface area contributed by atoms with E-state index < -0.39 is 0 Å². The highest BCUT2D eigenvalue weighted by Crippen LogP contribution is 2.40. The van der Waals surface area contributed by atoms with Gasteiger partial charge < -0.3 is 19.5 Å². The molecule has 0 spiro atoms. The first-order valence-corrected chi connectivity index (χ1v) is 6.72. The second-order valence-corrected chi connectivity index (χ2v) is 4.88.